The van der Waals surface area contributed by atoms with Crippen molar-refractivity contribution in [3.05, 3.63) is 91.8 Å². The third-order valence-corrected chi connectivity index (χ3v) is 5.46. The number of hydrogen-bond donors (Lipinski definition) is 2. The largest absolute Gasteiger partial charge is 0.506 e. The molecule has 0 saturated carbocycles. The van der Waals surface area contributed by atoms with Crippen LogP contribution >= 0.6 is 11.6 Å². The number of rotatable bonds is 6. The number of pyridine rings is 1. The predicted octanol–water partition coefficient (Wildman–Crippen LogP) is 4.85. The fraction of sp³-hybridized carbons (Fsp3) is 0.174. The minimum Gasteiger partial charge on any atom is -0.506 e. The first-order chi connectivity index (χ1) is 15.7. The Morgan fingerprint density at radius 1 is 1.18 bits per heavy atom. The summed E-state index contributed by atoms with van der Waals surface area (Å²) in [4.78, 5) is 17.7. The smallest absolute Gasteiger partial charge is 0.439 e. The summed E-state index contributed by atoms with van der Waals surface area (Å²) in [5, 5.41) is 13.6. The van der Waals surface area contributed by atoms with E-state index in [-0.39, 0.29) is 46.6 Å². The summed E-state index contributed by atoms with van der Waals surface area (Å²) in [5.41, 5.74) is 2.37. The van der Waals surface area contributed by atoms with Gasteiger partial charge in [0.15, 0.2) is 23.2 Å². The zero-order chi connectivity index (χ0) is 23.7. The van der Waals surface area contributed by atoms with E-state index in [1.165, 1.54) is 24.3 Å². The first-order valence-corrected chi connectivity index (χ1v) is 10.2. The number of H-pyrrole nitrogens is 1. The SMILES string of the molecule is Cc1cc(OCc2noc(=O)[nH]2)c(F)c(C)c1Cc1ccc(O)c(-c2cccc(Cl)c2F)n1. The van der Waals surface area contributed by atoms with Crippen molar-refractivity contribution in [2.24, 2.45) is 0 Å². The third-order valence-electron chi connectivity index (χ3n) is 5.17. The Hall–Kier alpha value is -3.72. The molecular weight excluding hydrogens is 456 g/mol. The Bertz CT molecular complexity index is 1400. The van der Waals surface area contributed by atoms with Gasteiger partial charge >= 0.3 is 5.76 Å². The first-order valence-electron chi connectivity index (χ1n) is 9.84. The van der Waals surface area contributed by atoms with Crippen molar-refractivity contribution < 1.29 is 23.1 Å². The molecule has 10 heteroatoms. The third kappa shape index (κ3) is 4.58. The summed E-state index contributed by atoms with van der Waals surface area (Å²) in [7, 11) is 0. The second kappa shape index (κ2) is 9.03. The van der Waals surface area contributed by atoms with Gasteiger partial charge in [0, 0.05) is 17.7 Å². The number of aryl methyl sites for hydroxylation is 1. The quantitative estimate of drug-likeness (QED) is 0.415. The number of hydrogen-bond acceptors (Lipinski definition) is 6. The maximum atomic E-state index is 15.0. The molecule has 0 fully saturated rings. The minimum atomic E-state index is -0.727. The highest BCUT2D eigenvalue weighted by atomic mass is 35.5. The van der Waals surface area contributed by atoms with Crippen LogP contribution in [-0.4, -0.2) is 20.2 Å². The standard InChI is InChI=1S/C23H18ClF2N3O4/c1-11-8-18(32-10-19-28-23(31)33-29-19)20(25)12(2)15(11)9-13-6-7-17(30)22(27-13)14-4-3-5-16(24)21(14)26/h3-8,30H,9-10H2,1-2H3,(H,28,29,31). The van der Waals surface area contributed by atoms with Gasteiger partial charge in [0.25, 0.3) is 0 Å². The topological polar surface area (TPSA) is 101 Å². The van der Waals surface area contributed by atoms with Gasteiger partial charge in [-0.1, -0.05) is 22.8 Å². The summed E-state index contributed by atoms with van der Waals surface area (Å²) in [6.07, 6.45) is 0.237. The molecule has 0 bridgehead atoms. The van der Waals surface area contributed by atoms with E-state index in [9.17, 15) is 18.7 Å². The molecule has 0 spiro atoms. The second-order valence-corrected chi connectivity index (χ2v) is 7.80. The van der Waals surface area contributed by atoms with Crippen LogP contribution in [0.4, 0.5) is 8.78 Å². The van der Waals surface area contributed by atoms with Crippen LogP contribution in [0.2, 0.25) is 5.02 Å². The molecule has 0 radical (unpaired) electrons. The minimum absolute atomic E-state index is 0.00190. The maximum absolute atomic E-state index is 15.0. The normalized spacial score (nSPS) is 11.1. The Morgan fingerprint density at radius 3 is 2.70 bits per heavy atom. The predicted molar refractivity (Wildman–Crippen MR) is 116 cm³/mol. The van der Waals surface area contributed by atoms with Crippen molar-refractivity contribution in [2.45, 2.75) is 26.9 Å². The van der Waals surface area contributed by atoms with Crippen LogP contribution in [0.5, 0.6) is 11.5 Å². The van der Waals surface area contributed by atoms with E-state index in [2.05, 4.69) is 19.6 Å². The number of nitrogens with one attached hydrogen (secondary N) is 1. The molecule has 0 unspecified atom stereocenters. The van der Waals surface area contributed by atoms with Gasteiger partial charge in [0.2, 0.25) is 0 Å². The molecular formula is C23H18ClF2N3O4. The number of aromatic hydroxyl groups is 1. The zero-order valence-electron chi connectivity index (χ0n) is 17.6. The van der Waals surface area contributed by atoms with E-state index in [0.29, 0.717) is 16.8 Å². The molecule has 2 N–H and O–H groups in total. The molecule has 0 aliphatic rings. The van der Waals surface area contributed by atoms with E-state index >= 15 is 0 Å². The van der Waals surface area contributed by atoms with Gasteiger partial charge in [0.1, 0.15) is 18.1 Å². The molecule has 33 heavy (non-hydrogen) atoms. The maximum Gasteiger partial charge on any atom is 0.439 e. The number of ether oxygens (including phenoxy) is 1. The monoisotopic (exact) mass is 473 g/mol. The van der Waals surface area contributed by atoms with Crippen LogP contribution in [0.1, 0.15) is 28.2 Å². The van der Waals surface area contributed by atoms with Crippen LogP contribution < -0.4 is 10.5 Å². The van der Waals surface area contributed by atoms with Crippen LogP contribution in [-0.2, 0) is 13.0 Å². The highest BCUT2D eigenvalue weighted by Crippen LogP contribution is 2.34. The van der Waals surface area contributed by atoms with Gasteiger partial charge in [-0.15, -0.1) is 0 Å². The Balaban J connectivity index is 1.63. The lowest BCUT2D eigenvalue weighted by molar-refractivity contribution is 0.271. The number of benzene rings is 2. The Labute approximate surface area is 191 Å². The molecule has 4 aromatic rings. The van der Waals surface area contributed by atoms with Crippen LogP contribution in [0.15, 0.2) is 45.7 Å². The fourth-order valence-electron chi connectivity index (χ4n) is 3.46. The summed E-state index contributed by atoms with van der Waals surface area (Å²) < 4.78 is 39.3. The average molecular weight is 474 g/mol. The zero-order valence-corrected chi connectivity index (χ0v) is 18.3. The van der Waals surface area contributed by atoms with Crippen LogP contribution in [0.25, 0.3) is 11.3 Å². The summed E-state index contributed by atoms with van der Waals surface area (Å²) in [5.74, 6) is -2.05. The second-order valence-electron chi connectivity index (χ2n) is 7.39. The first kappa shape index (κ1) is 22.5. The van der Waals surface area contributed by atoms with Crippen molar-refractivity contribution in [3.63, 3.8) is 0 Å². The Morgan fingerprint density at radius 2 is 1.97 bits per heavy atom. The molecule has 7 nitrogen and oxygen atoms in total. The van der Waals surface area contributed by atoms with E-state index in [1.54, 1.807) is 26.0 Å². The Kier molecular flexibility index (Phi) is 6.15. The molecule has 0 saturated heterocycles. The number of nitrogens with zero attached hydrogens (tertiary/aromatic N) is 2. The van der Waals surface area contributed by atoms with Gasteiger partial charge < -0.3 is 9.84 Å². The summed E-state index contributed by atoms with van der Waals surface area (Å²) in [6.45, 7) is 3.24. The van der Waals surface area contributed by atoms with Gasteiger partial charge in [0.05, 0.1) is 5.02 Å². The molecule has 0 amide bonds. The van der Waals surface area contributed by atoms with Crippen LogP contribution in [0.3, 0.4) is 0 Å². The fourth-order valence-corrected chi connectivity index (χ4v) is 3.64. The van der Waals surface area contributed by atoms with Crippen molar-refractivity contribution in [1.82, 2.24) is 15.1 Å². The molecule has 2 aromatic carbocycles. The van der Waals surface area contributed by atoms with E-state index in [4.69, 9.17) is 16.3 Å². The van der Waals surface area contributed by atoms with Crippen molar-refractivity contribution in [2.75, 3.05) is 0 Å². The highest BCUT2D eigenvalue weighted by molar-refractivity contribution is 6.31. The van der Waals surface area contributed by atoms with Crippen LogP contribution in [0, 0.1) is 25.5 Å². The average Bonchev–Trinajstić information content (AvgIpc) is 3.21. The van der Waals surface area contributed by atoms with Gasteiger partial charge in [-0.3, -0.25) is 9.51 Å². The molecule has 0 aliphatic carbocycles. The lowest BCUT2D eigenvalue weighted by atomic mass is 9.97. The van der Waals surface area contributed by atoms with Gasteiger partial charge in [-0.2, -0.15) is 0 Å². The van der Waals surface area contributed by atoms with Gasteiger partial charge in [-0.25, -0.2) is 18.6 Å². The lowest BCUT2D eigenvalue weighted by Crippen LogP contribution is -2.06. The molecule has 2 aromatic heterocycles. The number of aromatic nitrogens is 3. The van der Waals surface area contributed by atoms with E-state index in [1.807, 2.05) is 0 Å². The van der Waals surface area contributed by atoms with Crippen molar-refractivity contribution in [1.29, 1.82) is 0 Å². The van der Waals surface area contributed by atoms with Crippen molar-refractivity contribution in [3.8, 4) is 22.8 Å². The molecule has 0 atom stereocenters. The molecule has 170 valence electrons. The summed E-state index contributed by atoms with van der Waals surface area (Å²) in [6, 6.07) is 8.97. The highest BCUT2D eigenvalue weighted by Gasteiger charge is 2.18. The molecule has 2 heterocycles. The van der Waals surface area contributed by atoms with Crippen molar-refractivity contribution >= 4 is 11.6 Å². The number of halogens is 3. The van der Waals surface area contributed by atoms with E-state index < -0.39 is 17.4 Å². The molecule has 0 aliphatic heterocycles. The van der Waals surface area contributed by atoms with E-state index in [0.717, 1.165) is 5.56 Å². The molecule has 4 rings (SSSR count). The summed E-state index contributed by atoms with van der Waals surface area (Å²) >= 11 is 5.86. The van der Waals surface area contributed by atoms with Gasteiger partial charge in [-0.05, 0) is 60.9 Å². The number of aromatic amines is 1. The lowest BCUT2D eigenvalue weighted by Gasteiger charge is -2.15.